The molecule has 0 aliphatic rings. The summed E-state index contributed by atoms with van der Waals surface area (Å²) in [5, 5.41) is 1.02. The minimum atomic E-state index is -0.239. The Hall–Kier alpha value is -1.39. The van der Waals surface area contributed by atoms with Crippen LogP contribution in [0.5, 0.6) is 0 Å². The Labute approximate surface area is 127 Å². The molecule has 2 rings (SSSR count). The summed E-state index contributed by atoms with van der Waals surface area (Å²) >= 11 is 7.20. The molecule has 20 heavy (non-hydrogen) atoms. The molecule has 104 valence electrons. The van der Waals surface area contributed by atoms with Crippen molar-refractivity contribution in [1.82, 2.24) is 9.97 Å². The van der Waals surface area contributed by atoms with Crippen LogP contribution in [0, 0.1) is 13.8 Å². The van der Waals surface area contributed by atoms with E-state index < -0.39 is 0 Å². The predicted molar refractivity (Wildman–Crippen MR) is 82.6 cm³/mol. The third-order valence-corrected chi connectivity index (χ3v) is 3.95. The van der Waals surface area contributed by atoms with Gasteiger partial charge in [-0.05, 0) is 51.1 Å². The number of benzene rings is 1. The summed E-state index contributed by atoms with van der Waals surface area (Å²) in [6, 6.07) is 8.84. The molecular weight excluding hydrogens is 292 g/mol. The number of carbonyl (C=O) groups excluding carboxylic acids is 1. The molecule has 0 radical (unpaired) electrons. The third kappa shape index (κ3) is 3.81. The number of hydrogen-bond acceptors (Lipinski definition) is 4. The molecule has 5 heteroatoms. The minimum Gasteiger partial charge on any atom is -0.293 e. The van der Waals surface area contributed by atoms with E-state index in [4.69, 9.17) is 11.6 Å². The van der Waals surface area contributed by atoms with Crippen LogP contribution in [-0.2, 0) is 0 Å². The fourth-order valence-electron chi connectivity index (χ4n) is 1.81. The van der Waals surface area contributed by atoms with E-state index in [-0.39, 0.29) is 11.0 Å². The molecule has 2 aromatic rings. The van der Waals surface area contributed by atoms with E-state index in [0.29, 0.717) is 15.7 Å². The molecule has 1 aromatic heterocycles. The first kappa shape index (κ1) is 15.0. The van der Waals surface area contributed by atoms with Crippen molar-refractivity contribution in [3.05, 3.63) is 52.3 Å². The Balaban J connectivity index is 2.13. The van der Waals surface area contributed by atoms with Gasteiger partial charge in [-0.2, -0.15) is 0 Å². The molecule has 0 N–H and O–H groups in total. The molecule has 0 aliphatic heterocycles. The van der Waals surface area contributed by atoms with Gasteiger partial charge in [0.2, 0.25) is 0 Å². The Morgan fingerprint density at radius 3 is 2.25 bits per heavy atom. The molecule has 0 saturated heterocycles. The monoisotopic (exact) mass is 306 g/mol. The number of thioether (sulfide) groups is 1. The normalized spacial score (nSPS) is 12.2. The Morgan fingerprint density at radius 2 is 1.70 bits per heavy atom. The van der Waals surface area contributed by atoms with Gasteiger partial charge in [-0.3, -0.25) is 4.79 Å². The summed E-state index contributed by atoms with van der Waals surface area (Å²) in [5.74, 6) is 0.0504. The van der Waals surface area contributed by atoms with Gasteiger partial charge in [0, 0.05) is 22.0 Å². The molecule has 0 bridgehead atoms. The van der Waals surface area contributed by atoms with Crippen molar-refractivity contribution in [2.24, 2.45) is 0 Å². The summed E-state index contributed by atoms with van der Waals surface area (Å²) < 4.78 is 0. The standard InChI is InChI=1S/C15H15ClN2OS/c1-9-8-10(2)18-15(17-9)20-11(3)14(19)12-4-6-13(16)7-5-12/h4-8,11H,1-3H3. The van der Waals surface area contributed by atoms with Gasteiger partial charge in [-0.1, -0.05) is 23.4 Å². The molecule has 3 nitrogen and oxygen atoms in total. The van der Waals surface area contributed by atoms with E-state index in [1.165, 1.54) is 11.8 Å². The van der Waals surface area contributed by atoms with Crippen molar-refractivity contribution >= 4 is 29.1 Å². The molecule has 1 unspecified atom stereocenters. The Bertz CT molecular complexity index is 608. The lowest BCUT2D eigenvalue weighted by Crippen LogP contribution is -2.14. The van der Waals surface area contributed by atoms with E-state index in [1.807, 2.05) is 26.8 Å². The number of aryl methyl sites for hydroxylation is 2. The largest absolute Gasteiger partial charge is 0.293 e. The zero-order valence-corrected chi connectivity index (χ0v) is 13.1. The van der Waals surface area contributed by atoms with Crippen LogP contribution in [0.4, 0.5) is 0 Å². The van der Waals surface area contributed by atoms with Crippen molar-refractivity contribution in [2.45, 2.75) is 31.2 Å². The van der Waals surface area contributed by atoms with E-state index in [2.05, 4.69) is 9.97 Å². The fourth-order valence-corrected chi connectivity index (χ4v) is 2.89. The number of carbonyl (C=O) groups is 1. The van der Waals surface area contributed by atoms with E-state index in [1.54, 1.807) is 24.3 Å². The van der Waals surface area contributed by atoms with Crippen LogP contribution >= 0.6 is 23.4 Å². The van der Waals surface area contributed by atoms with Gasteiger partial charge in [-0.25, -0.2) is 9.97 Å². The molecular formula is C15H15ClN2OS. The van der Waals surface area contributed by atoms with Crippen molar-refractivity contribution in [2.75, 3.05) is 0 Å². The van der Waals surface area contributed by atoms with Crippen LogP contribution in [0.25, 0.3) is 0 Å². The summed E-state index contributed by atoms with van der Waals surface area (Å²) in [4.78, 5) is 21.0. The molecule has 0 spiro atoms. The predicted octanol–water partition coefficient (Wildman–Crippen LogP) is 4.11. The van der Waals surface area contributed by atoms with Crippen molar-refractivity contribution in [3.8, 4) is 0 Å². The van der Waals surface area contributed by atoms with Gasteiger partial charge in [0.1, 0.15) is 0 Å². The minimum absolute atomic E-state index is 0.0504. The SMILES string of the molecule is Cc1cc(C)nc(SC(C)C(=O)c2ccc(Cl)cc2)n1. The van der Waals surface area contributed by atoms with Crippen LogP contribution in [-0.4, -0.2) is 21.0 Å². The van der Waals surface area contributed by atoms with Gasteiger partial charge in [0.25, 0.3) is 0 Å². The lowest BCUT2D eigenvalue weighted by molar-refractivity contribution is 0.0994. The highest BCUT2D eigenvalue weighted by Crippen LogP contribution is 2.23. The van der Waals surface area contributed by atoms with Crippen molar-refractivity contribution in [3.63, 3.8) is 0 Å². The second kappa shape index (κ2) is 6.37. The number of hydrogen-bond donors (Lipinski definition) is 0. The van der Waals surface area contributed by atoms with Crippen LogP contribution in [0.2, 0.25) is 5.02 Å². The number of ketones is 1. The quantitative estimate of drug-likeness (QED) is 0.484. The van der Waals surface area contributed by atoms with Crippen molar-refractivity contribution in [1.29, 1.82) is 0 Å². The highest BCUT2D eigenvalue weighted by atomic mass is 35.5. The van der Waals surface area contributed by atoms with Gasteiger partial charge < -0.3 is 0 Å². The van der Waals surface area contributed by atoms with E-state index in [9.17, 15) is 4.79 Å². The molecule has 0 fully saturated rings. The molecule has 1 heterocycles. The Kier molecular flexibility index (Phi) is 4.78. The van der Waals surface area contributed by atoms with E-state index in [0.717, 1.165) is 11.4 Å². The summed E-state index contributed by atoms with van der Waals surface area (Å²) in [6.45, 7) is 5.71. The van der Waals surface area contributed by atoms with Gasteiger partial charge in [0.05, 0.1) is 5.25 Å². The van der Waals surface area contributed by atoms with Crippen LogP contribution < -0.4 is 0 Å². The zero-order valence-electron chi connectivity index (χ0n) is 11.6. The molecule has 0 aliphatic carbocycles. The summed E-state index contributed by atoms with van der Waals surface area (Å²) in [6.07, 6.45) is 0. The maximum Gasteiger partial charge on any atom is 0.188 e. The molecule has 1 atom stereocenters. The third-order valence-electron chi connectivity index (χ3n) is 2.74. The average Bonchev–Trinajstić information content (AvgIpc) is 2.37. The van der Waals surface area contributed by atoms with Gasteiger partial charge in [-0.15, -0.1) is 0 Å². The maximum absolute atomic E-state index is 12.3. The first-order valence-corrected chi connectivity index (χ1v) is 7.50. The second-order valence-electron chi connectivity index (χ2n) is 4.56. The average molecular weight is 307 g/mol. The summed E-state index contributed by atoms with van der Waals surface area (Å²) in [7, 11) is 0. The number of nitrogens with zero attached hydrogens (tertiary/aromatic N) is 2. The number of Topliss-reactive ketones (excluding diaryl/α,β-unsaturated/α-hetero) is 1. The highest BCUT2D eigenvalue weighted by Gasteiger charge is 2.18. The molecule has 1 aromatic carbocycles. The van der Waals surface area contributed by atoms with Crippen LogP contribution in [0.15, 0.2) is 35.5 Å². The fraction of sp³-hybridized carbons (Fsp3) is 0.267. The van der Waals surface area contributed by atoms with Gasteiger partial charge >= 0.3 is 0 Å². The Morgan fingerprint density at radius 1 is 1.15 bits per heavy atom. The number of halogens is 1. The summed E-state index contributed by atoms with van der Waals surface area (Å²) in [5.41, 5.74) is 2.47. The first-order chi connectivity index (χ1) is 9.45. The van der Waals surface area contributed by atoms with Crippen LogP contribution in [0.3, 0.4) is 0 Å². The highest BCUT2D eigenvalue weighted by molar-refractivity contribution is 8.00. The van der Waals surface area contributed by atoms with Crippen molar-refractivity contribution < 1.29 is 4.79 Å². The molecule has 0 saturated carbocycles. The topological polar surface area (TPSA) is 42.9 Å². The lowest BCUT2D eigenvalue weighted by atomic mass is 10.1. The smallest absolute Gasteiger partial charge is 0.188 e. The van der Waals surface area contributed by atoms with Crippen LogP contribution in [0.1, 0.15) is 28.7 Å². The molecule has 0 amide bonds. The number of rotatable bonds is 4. The first-order valence-electron chi connectivity index (χ1n) is 6.24. The maximum atomic E-state index is 12.3. The number of aromatic nitrogens is 2. The van der Waals surface area contributed by atoms with E-state index >= 15 is 0 Å². The van der Waals surface area contributed by atoms with Gasteiger partial charge in [0.15, 0.2) is 10.9 Å². The zero-order chi connectivity index (χ0) is 14.7. The second-order valence-corrected chi connectivity index (χ2v) is 6.31. The lowest BCUT2D eigenvalue weighted by Gasteiger charge is -2.10.